The summed E-state index contributed by atoms with van der Waals surface area (Å²) in [6.45, 7) is 3.58. The number of nitrogens with two attached hydrogens (primary N) is 1. The average Bonchev–Trinajstić information content (AvgIpc) is 2.56. The Hall–Kier alpha value is -0.290. The first kappa shape index (κ1) is 14.8. The molecule has 3 nitrogen and oxygen atoms in total. The predicted molar refractivity (Wildman–Crippen MR) is 71.7 cm³/mol. The molecule has 96 valence electrons. The van der Waals surface area contributed by atoms with Gasteiger partial charge in [0.15, 0.2) is 0 Å². The number of ether oxygens (including phenoxy) is 1. The highest BCUT2D eigenvalue weighted by Crippen LogP contribution is 2.38. The summed E-state index contributed by atoms with van der Waals surface area (Å²) in [6, 6.07) is 1.41. The maximum absolute atomic E-state index is 11.6. The molecule has 0 fully saturated rings. The highest BCUT2D eigenvalue weighted by Gasteiger charge is 2.32. The van der Waals surface area contributed by atoms with Gasteiger partial charge >= 0.3 is 5.97 Å². The number of thiophene rings is 1. The highest BCUT2D eigenvalue weighted by molar-refractivity contribution is 7.20. The molecule has 1 atom stereocenters. The molecule has 0 aromatic carbocycles. The van der Waals surface area contributed by atoms with Crippen molar-refractivity contribution in [1.29, 1.82) is 0 Å². The van der Waals surface area contributed by atoms with Gasteiger partial charge in [0.1, 0.15) is 0 Å². The molecule has 2 N–H and O–H groups in total. The van der Waals surface area contributed by atoms with E-state index in [1.807, 2.05) is 0 Å². The van der Waals surface area contributed by atoms with E-state index in [0.29, 0.717) is 15.1 Å². The molecule has 1 heterocycles. The van der Waals surface area contributed by atoms with Crippen LogP contribution < -0.4 is 5.73 Å². The summed E-state index contributed by atoms with van der Waals surface area (Å²) in [5.74, 6) is -0.287. The van der Waals surface area contributed by atoms with E-state index in [1.54, 1.807) is 19.9 Å². The normalized spacial score (nSPS) is 13.5. The summed E-state index contributed by atoms with van der Waals surface area (Å²) in [7, 11) is 1.37. The van der Waals surface area contributed by atoms with Gasteiger partial charge in [0.25, 0.3) is 0 Å². The monoisotopic (exact) mass is 295 g/mol. The van der Waals surface area contributed by atoms with Gasteiger partial charge in [0.2, 0.25) is 0 Å². The van der Waals surface area contributed by atoms with E-state index < -0.39 is 5.41 Å². The number of hydrogen-bond acceptors (Lipinski definition) is 4. The first-order valence-corrected chi connectivity index (χ1v) is 6.64. The Morgan fingerprint density at radius 1 is 1.59 bits per heavy atom. The van der Waals surface area contributed by atoms with Gasteiger partial charge < -0.3 is 10.5 Å². The summed E-state index contributed by atoms with van der Waals surface area (Å²) in [5.41, 5.74) is 6.17. The first-order valence-electron chi connectivity index (χ1n) is 5.06. The summed E-state index contributed by atoms with van der Waals surface area (Å²) in [4.78, 5) is 11.6. The molecule has 0 aliphatic heterocycles. The molecular formula is C11H15Cl2NO2S. The second kappa shape index (κ2) is 5.57. The van der Waals surface area contributed by atoms with Gasteiger partial charge in [-0.15, -0.1) is 11.3 Å². The van der Waals surface area contributed by atoms with Crippen LogP contribution in [0.4, 0.5) is 0 Å². The number of halogens is 2. The molecular weight excluding hydrogens is 281 g/mol. The zero-order chi connectivity index (χ0) is 13.2. The molecule has 0 amide bonds. The first-order chi connectivity index (χ1) is 7.77. The van der Waals surface area contributed by atoms with Crippen LogP contribution in [0.3, 0.4) is 0 Å². The van der Waals surface area contributed by atoms with E-state index in [2.05, 4.69) is 0 Å². The molecule has 6 heteroatoms. The van der Waals surface area contributed by atoms with E-state index >= 15 is 0 Å². The van der Waals surface area contributed by atoms with Gasteiger partial charge in [-0.1, -0.05) is 23.2 Å². The Morgan fingerprint density at radius 3 is 2.59 bits per heavy atom. The summed E-state index contributed by atoms with van der Waals surface area (Å²) in [5, 5.41) is 0. The van der Waals surface area contributed by atoms with Gasteiger partial charge in [-0.2, -0.15) is 0 Å². The predicted octanol–water partition coefficient (Wildman–Crippen LogP) is 3.64. The molecule has 17 heavy (non-hydrogen) atoms. The largest absolute Gasteiger partial charge is 0.469 e. The van der Waals surface area contributed by atoms with Crippen molar-refractivity contribution in [3.8, 4) is 0 Å². The molecule has 1 aromatic rings. The van der Waals surface area contributed by atoms with Crippen molar-refractivity contribution < 1.29 is 9.53 Å². The third kappa shape index (κ3) is 3.58. The van der Waals surface area contributed by atoms with Crippen LogP contribution in [-0.4, -0.2) is 13.1 Å². The Bertz CT molecular complexity index is 418. The van der Waals surface area contributed by atoms with E-state index in [1.165, 1.54) is 18.4 Å². The molecule has 1 aromatic heterocycles. The summed E-state index contributed by atoms with van der Waals surface area (Å²) >= 11 is 13.2. The quantitative estimate of drug-likeness (QED) is 0.863. The fourth-order valence-corrected chi connectivity index (χ4v) is 3.22. The molecule has 0 spiro atoms. The minimum Gasteiger partial charge on any atom is -0.469 e. The van der Waals surface area contributed by atoms with Crippen molar-refractivity contribution in [2.45, 2.75) is 26.3 Å². The molecule has 0 bridgehead atoms. The minimum atomic E-state index is -0.647. The maximum atomic E-state index is 11.6. The van der Waals surface area contributed by atoms with Crippen LogP contribution in [0.2, 0.25) is 8.67 Å². The highest BCUT2D eigenvalue weighted by atomic mass is 35.5. The molecule has 0 radical (unpaired) electrons. The molecule has 0 saturated carbocycles. The van der Waals surface area contributed by atoms with Crippen molar-refractivity contribution in [3.05, 3.63) is 20.3 Å². The van der Waals surface area contributed by atoms with Crippen LogP contribution in [0, 0.1) is 5.41 Å². The van der Waals surface area contributed by atoms with Gasteiger partial charge in [0.05, 0.1) is 21.2 Å². The van der Waals surface area contributed by atoms with Gasteiger partial charge in [-0.05, 0) is 31.9 Å². The van der Waals surface area contributed by atoms with E-state index in [4.69, 9.17) is 33.7 Å². The SMILES string of the molecule is COC(=O)C(C)(C)CC(N)c1cc(Cl)sc1Cl. The molecule has 0 saturated heterocycles. The van der Waals surface area contributed by atoms with Crippen LogP contribution >= 0.6 is 34.5 Å². The van der Waals surface area contributed by atoms with Gasteiger partial charge in [-0.25, -0.2) is 0 Å². The lowest BCUT2D eigenvalue weighted by Crippen LogP contribution is -2.30. The van der Waals surface area contributed by atoms with Crippen molar-refractivity contribution in [3.63, 3.8) is 0 Å². The Labute approximate surface area is 115 Å². The third-order valence-electron chi connectivity index (χ3n) is 2.55. The van der Waals surface area contributed by atoms with Crippen LogP contribution in [0.15, 0.2) is 6.07 Å². The Balaban J connectivity index is 2.82. The van der Waals surface area contributed by atoms with E-state index in [0.717, 1.165) is 5.56 Å². The number of esters is 1. The molecule has 0 aliphatic rings. The molecule has 1 unspecified atom stereocenters. The fourth-order valence-electron chi connectivity index (χ4n) is 1.63. The number of methoxy groups -OCH3 is 1. The minimum absolute atomic E-state index is 0.287. The fraction of sp³-hybridized carbons (Fsp3) is 0.545. The third-order valence-corrected chi connectivity index (χ3v) is 4.07. The second-order valence-electron chi connectivity index (χ2n) is 4.47. The summed E-state index contributed by atoms with van der Waals surface area (Å²) in [6.07, 6.45) is 0.451. The standard InChI is InChI=1S/C11H15Cl2NO2S/c1-11(2,10(15)16-3)5-7(14)6-4-8(12)17-9(6)13/h4,7H,5,14H2,1-3H3. The lowest BCUT2D eigenvalue weighted by molar-refractivity contribution is -0.151. The second-order valence-corrected chi connectivity index (χ2v) is 6.75. The van der Waals surface area contributed by atoms with E-state index in [9.17, 15) is 4.79 Å². The number of carbonyl (C=O) groups is 1. The molecule has 0 aliphatic carbocycles. The van der Waals surface area contributed by atoms with Crippen LogP contribution in [0.25, 0.3) is 0 Å². The Morgan fingerprint density at radius 2 is 2.18 bits per heavy atom. The molecule has 1 rings (SSSR count). The Kier molecular flexibility index (Phi) is 4.84. The zero-order valence-corrected chi connectivity index (χ0v) is 12.2. The summed E-state index contributed by atoms with van der Waals surface area (Å²) < 4.78 is 5.90. The van der Waals surface area contributed by atoms with Crippen molar-refractivity contribution in [1.82, 2.24) is 0 Å². The van der Waals surface area contributed by atoms with E-state index in [-0.39, 0.29) is 12.0 Å². The lowest BCUT2D eigenvalue weighted by atomic mass is 9.84. The maximum Gasteiger partial charge on any atom is 0.311 e. The topological polar surface area (TPSA) is 52.3 Å². The van der Waals surface area contributed by atoms with Crippen LogP contribution in [0.5, 0.6) is 0 Å². The lowest BCUT2D eigenvalue weighted by Gasteiger charge is -2.24. The number of rotatable bonds is 4. The average molecular weight is 296 g/mol. The number of carbonyl (C=O) groups excluding carboxylic acids is 1. The number of hydrogen-bond donors (Lipinski definition) is 1. The van der Waals surface area contributed by atoms with Crippen LogP contribution in [-0.2, 0) is 9.53 Å². The van der Waals surface area contributed by atoms with Crippen molar-refractivity contribution in [2.24, 2.45) is 11.1 Å². The van der Waals surface area contributed by atoms with Crippen molar-refractivity contribution in [2.75, 3.05) is 7.11 Å². The zero-order valence-electron chi connectivity index (χ0n) is 9.92. The van der Waals surface area contributed by atoms with Gasteiger partial charge in [-0.3, -0.25) is 4.79 Å². The smallest absolute Gasteiger partial charge is 0.311 e. The van der Waals surface area contributed by atoms with Crippen molar-refractivity contribution >= 4 is 40.5 Å². The van der Waals surface area contributed by atoms with Gasteiger partial charge in [0, 0.05) is 6.04 Å². The van der Waals surface area contributed by atoms with Crippen LogP contribution in [0.1, 0.15) is 31.9 Å².